The van der Waals surface area contributed by atoms with E-state index in [0.29, 0.717) is 36.9 Å². The van der Waals surface area contributed by atoms with Crippen LogP contribution in [0.4, 0.5) is 0 Å². The van der Waals surface area contributed by atoms with E-state index in [2.05, 4.69) is 0 Å². The van der Waals surface area contributed by atoms with Crippen molar-refractivity contribution in [2.45, 2.75) is 38.9 Å². The van der Waals surface area contributed by atoms with Gasteiger partial charge in [0.2, 0.25) is 0 Å². The van der Waals surface area contributed by atoms with Crippen LogP contribution in [0.1, 0.15) is 38.1 Å². The topological polar surface area (TPSA) is 48.0 Å². The summed E-state index contributed by atoms with van der Waals surface area (Å²) in [5.74, 6) is -0.0660. The zero-order chi connectivity index (χ0) is 17.5. The third kappa shape index (κ3) is 3.20. The average molecular weight is 352 g/mol. The van der Waals surface area contributed by atoms with Crippen molar-refractivity contribution in [3.63, 3.8) is 0 Å². The molecule has 0 aliphatic carbocycles. The highest BCUT2D eigenvalue weighted by Gasteiger charge is 2.51. The summed E-state index contributed by atoms with van der Waals surface area (Å²) in [7, 11) is -0.486. The Morgan fingerprint density at radius 1 is 1.12 bits per heavy atom. The van der Waals surface area contributed by atoms with Gasteiger partial charge in [0.25, 0.3) is 5.91 Å². The summed E-state index contributed by atoms with van der Waals surface area (Å²) in [5, 5.41) is 0.415. The van der Waals surface area contributed by atoms with Gasteiger partial charge in [-0.05, 0) is 45.3 Å². The second-order valence-corrected chi connectivity index (χ2v) is 7.64. The molecule has 2 saturated heterocycles. The third-order valence-corrected chi connectivity index (χ3v) is 5.36. The third-order valence-electron chi connectivity index (χ3n) is 5.05. The molecule has 24 heavy (non-hydrogen) atoms. The van der Waals surface area contributed by atoms with Gasteiger partial charge in [0.1, 0.15) is 0 Å². The van der Waals surface area contributed by atoms with E-state index in [4.69, 9.17) is 25.6 Å². The van der Waals surface area contributed by atoms with Crippen LogP contribution in [0.15, 0.2) is 18.2 Å². The first kappa shape index (κ1) is 17.7. The van der Waals surface area contributed by atoms with Crippen LogP contribution in [0.2, 0.25) is 5.02 Å². The Balaban J connectivity index is 1.79. The van der Waals surface area contributed by atoms with Gasteiger partial charge in [-0.1, -0.05) is 17.7 Å². The first-order chi connectivity index (χ1) is 11.2. The van der Waals surface area contributed by atoms with Crippen LogP contribution >= 0.6 is 11.6 Å². The number of hydrogen-bond donors (Lipinski definition) is 0. The predicted molar refractivity (Wildman–Crippen MR) is 93.9 cm³/mol. The number of nitrogens with zero attached hydrogens (tertiary/aromatic N) is 1. The molecule has 1 amide bonds. The maximum atomic E-state index is 12.6. The monoisotopic (exact) mass is 351 g/mol. The molecular weight excluding hydrogens is 328 g/mol. The number of halogens is 1. The molecule has 0 spiro atoms. The normalized spacial score (nSPS) is 22.7. The van der Waals surface area contributed by atoms with Gasteiger partial charge in [-0.25, -0.2) is 0 Å². The zero-order valence-corrected chi connectivity index (χ0v) is 15.4. The number of rotatable bonds is 2. The fraction of sp³-hybridized carbons (Fsp3) is 0.588. The lowest BCUT2D eigenvalue weighted by Gasteiger charge is -2.32. The van der Waals surface area contributed by atoms with Crippen molar-refractivity contribution in [1.82, 2.24) is 4.90 Å². The van der Waals surface area contributed by atoms with Gasteiger partial charge >= 0.3 is 7.12 Å². The van der Waals surface area contributed by atoms with Crippen molar-refractivity contribution in [3.8, 4) is 0 Å². The minimum Gasteiger partial charge on any atom is -0.399 e. The van der Waals surface area contributed by atoms with E-state index in [1.165, 1.54) is 0 Å². The molecule has 7 heteroatoms. The van der Waals surface area contributed by atoms with Crippen LogP contribution in [-0.4, -0.2) is 55.4 Å². The molecule has 2 aliphatic rings. The molecule has 130 valence electrons. The molecule has 2 aliphatic heterocycles. The van der Waals surface area contributed by atoms with Crippen molar-refractivity contribution in [1.29, 1.82) is 0 Å². The number of carbonyl (C=O) groups excluding carboxylic acids is 1. The van der Waals surface area contributed by atoms with E-state index in [1.54, 1.807) is 17.0 Å². The van der Waals surface area contributed by atoms with Gasteiger partial charge in [-0.3, -0.25) is 4.79 Å². The van der Waals surface area contributed by atoms with Gasteiger partial charge in [-0.2, -0.15) is 0 Å². The zero-order valence-electron chi connectivity index (χ0n) is 14.6. The minimum atomic E-state index is -0.486. The summed E-state index contributed by atoms with van der Waals surface area (Å²) in [6.07, 6.45) is 0. The minimum absolute atomic E-state index is 0.0660. The van der Waals surface area contributed by atoms with Crippen molar-refractivity contribution in [3.05, 3.63) is 28.8 Å². The lowest BCUT2D eigenvalue weighted by molar-refractivity contribution is 0.00578. The maximum absolute atomic E-state index is 12.6. The van der Waals surface area contributed by atoms with Crippen molar-refractivity contribution in [2.24, 2.45) is 0 Å². The first-order valence-electron chi connectivity index (χ1n) is 8.23. The lowest BCUT2D eigenvalue weighted by Crippen LogP contribution is -2.41. The van der Waals surface area contributed by atoms with E-state index in [9.17, 15) is 4.79 Å². The van der Waals surface area contributed by atoms with Crippen molar-refractivity contribution in [2.75, 3.05) is 26.3 Å². The van der Waals surface area contributed by atoms with Crippen LogP contribution in [0.3, 0.4) is 0 Å². The molecule has 0 aromatic heterocycles. The van der Waals surface area contributed by atoms with Gasteiger partial charge < -0.3 is 18.9 Å². The molecule has 1 aromatic carbocycles. The summed E-state index contributed by atoms with van der Waals surface area (Å²) >= 11 is 6.37. The number of benzene rings is 1. The number of morpholine rings is 1. The molecule has 0 saturated carbocycles. The van der Waals surface area contributed by atoms with E-state index in [-0.39, 0.29) is 5.91 Å². The maximum Gasteiger partial charge on any atom is 0.494 e. The smallest absolute Gasteiger partial charge is 0.399 e. The fourth-order valence-corrected chi connectivity index (χ4v) is 3.04. The van der Waals surface area contributed by atoms with Crippen LogP contribution < -0.4 is 5.46 Å². The van der Waals surface area contributed by atoms with E-state index in [0.717, 1.165) is 5.46 Å². The molecule has 3 rings (SSSR count). The molecule has 0 bridgehead atoms. The number of hydrogen-bond acceptors (Lipinski definition) is 4. The average Bonchev–Trinajstić information content (AvgIpc) is 2.75. The largest absolute Gasteiger partial charge is 0.494 e. The van der Waals surface area contributed by atoms with Crippen molar-refractivity contribution < 1.29 is 18.8 Å². The molecule has 1 aromatic rings. The second kappa shape index (κ2) is 6.34. The van der Waals surface area contributed by atoms with Gasteiger partial charge in [-0.15, -0.1) is 0 Å². The lowest BCUT2D eigenvalue weighted by atomic mass is 9.79. The molecule has 0 unspecified atom stereocenters. The SMILES string of the molecule is CC1(C)OB(c2ccc(C(=O)N3CCOCC3)c(Cl)c2)OC1(C)C. The fourth-order valence-electron chi connectivity index (χ4n) is 2.77. The first-order valence-corrected chi connectivity index (χ1v) is 8.61. The molecule has 2 heterocycles. The molecule has 0 atom stereocenters. The molecular formula is C17H23BClNO4. The number of ether oxygens (including phenoxy) is 1. The van der Waals surface area contributed by atoms with Crippen LogP contribution in [-0.2, 0) is 14.0 Å². The molecule has 0 N–H and O–H groups in total. The molecule has 0 radical (unpaired) electrons. The van der Waals surface area contributed by atoms with Crippen LogP contribution in [0.5, 0.6) is 0 Å². The Bertz CT molecular complexity index is 627. The highest BCUT2D eigenvalue weighted by molar-refractivity contribution is 6.62. The Morgan fingerprint density at radius 2 is 1.71 bits per heavy atom. The standard InChI is InChI=1S/C17H23BClNO4/c1-16(2)17(3,4)24-18(23-16)12-5-6-13(14(19)11-12)15(21)20-7-9-22-10-8-20/h5-6,11H,7-10H2,1-4H3. The van der Waals surface area contributed by atoms with Crippen LogP contribution in [0, 0.1) is 0 Å². The van der Waals surface area contributed by atoms with E-state index < -0.39 is 18.3 Å². The summed E-state index contributed by atoms with van der Waals surface area (Å²) in [6.45, 7) is 10.3. The van der Waals surface area contributed by atoms with Gasteiger partial charge in [0.15, 0.2) is 0 Å². The summed E-state index contributed by atoms with van der Waals surface area (Å²) in [5.41, 5.74) is 0.495. The summed E-state index contributed by atoms with van der Waals surface area (Å²) in [6, 6.07) is 5.36. The number of carbonyl (C=O) groups is 1. The van der Waals surface area contributed by atoms with E-state index >= 15 is 0 Å². The Labute approximate surface area is 148 Å². The Kier molecular flexibility index (Phi) is 4.68. The summed E-state index contributed by atoms with van der Waals surface area (Å²) < 4.78 is 17.3. The highest BCUT2D eigenvalue weighted by Crippen LogP contribution is 2.36. The number of amides is 1. The Morgan fingerprint density at radius 3 is 2.25 bits per heavy atom. The van der Waals surface area contributed by atoms with Gasteiger partial charge in [0, 0.05) is 13.1 Å². The second-order valence-electron chi connectivity index (χ2n) is 7.23. The molecule has 5 nitrogen and oxygen atoms in total. The van der Waals surface area contributed by atoms with Gasteiger partial charge in [0.05, 0.1) is 35.0 Å². The summed E-state index contributed by atoms with van der Waals surface area (Å²) in [4.78, 5) is 14.3. The predicted octanol–water partition coefficient (Wildman–Crippen LogP) is 2.11. The van der Waals surface area contributed by atoms with Crippen LogP contribution in [0.25, 0.3) is 0 Å². The van der Waals surface area contributed by atoms with Crippen molar-refractivity contribution >= 4 is 30.1 Å². The quantitative estimate of drug-likeness (QED) is 0.766. The highest BCUT2D eigenvalue weighted by atomic mass is 35.5. The van der Waals surface area contributed by atoms with E-state index in [1.807, 2.05) is 33.8 Å². The molecule has 2 fully saturated rings. The Hall–Kier alpha value is -1.08.